The summed E-state index contributed by atoms with van der Waals surface area (Å²) < 4.78 is 39.9. The summed E-state index contributed by atoms with van der Waals surface area (Å²) in [7, 11) is -3.79. The Balaban J connectivity index is 1.69. The van der Waals surface area contributed by atoms with E-state index in [0.717, 1.165) is 24.2 Å². The molecule has 26 heavy (non-hydrogen) atoms. The molecule has 0 radical (unpaired) electrons. The summed E-state index contributed by atoms with van der Waals surface area (Å²) in [6, 6.07) is 15.9. The van der Waals surface area contributed by atoms with Crippen LogP contribution in [0.15, 0.2) is 71.8 Å². The molecule has 0 aliphatic rings. The molecule has 1 heterocycles. The molecule has 0 amide bonds. The van der Waals surface area contributed by atoms with Gasteiger partial charge in [0.05, 0.1) is 16.8 Å². The van der Waals surface area contributed by atoms with Crippen LogP contribution < -0.4 is 10.0 Å². The number of rotatable bonds is 6. The van der Waals surface area contributed by atoms with Crippen molar-refractivity contribution in [2.24, 2.45) is 0 Å². The number of hydrogen-bond donors (Lipinski definition) is 2. The highest BCUT2D eigenvalue weighted by atomic mass is 32.2. The van der Waals surface area contributed by atoms with Crippen molar-refractivity contribution in [3.05, 3.63) is 78.2 Å². The molecule has 7 heteroatoms. The first-order chi connectivity index (χ1) is 12.5. The smallest absolute Gasteiger partial charge is 0.261 e. The van der Waals surface area contributed by atoms with Crippen LogP contribution in [-0.4, -0.2) is 13.4 Å². The molecule has 0 fully saturated rings. The maximum absolute atomic E-state index is 12.9. The van der Waals surface area contributed by atoms with Crippen molar-refractivity contribution in [1.82, 2.24) is 4.98 Å². The third-order valence-electron chi connectivity index (χ3n) is 3.77. The molecule has 0 atom stereocenters. The van der Waals surface area contributed by atoms with Gasteiger partial charge in [-0.1, -0.05) is 19.1 Å². The first-order valence-corrected chi connectivity index (χ1v) is 9.55. The monoisotopic (exact) mass is 371 g/mol. The third kappa shape index (κ3) is 4.37. The van der Waals surface area contributed by atoms with Gasteiger partial charge in [0.15, 0.2) is 0 Å². The Labute approximate surface area is 152 Å². The van der Waals surface area contributed by atoms with Gasteiger partial charge in [-0.25, -0.2) is 17.8 Å². The van der Waals surface area contributed by atoms with Crippen LogP contribution in [0.25, 0.3) is 0 Å². The predicted molar refractivity (Wildman–Crippen MR) is 101 cm³/mol. The summed E-state index contributed by atoms with van der Waals surface area (Å²) in [4.78, 5) is 4.19. The Bertz CT molecular complexity index is 971. The SMILES string of the molecule is CCc1ccc(Nc2ccc(NS(=O)(=O)c3ccc(F)cc3)cn2)cc1. The van der Waals surface area contributed by atoms with Crippen molar-refractivity contribution in [2.45, 2.75) is 18.2 Å². The van der Waals surface area contributed by atoms with Crippen molar-refractivity contribution in [3.63, 3.8) is 0 Å². The van der Waals surface area contributed by atoms with Gasteiger partial charge in [-0.2, -0.15) is 0 Å². The van der Waals surface area contributed by atoms with E-state index in [4.69, 9.17) is 0 Å². The van der Waals surface area contributed by atoms with E-state index < -0.39 is 15.8 Å². The van der Waals surface area contributed by atoms with E-state index >= 15 is 0 Å². The molecule has 1 aromatic heterocycles. The zero-order chi connectivity index (χ0) is 18.6. The van der Waals surface area contributed by atoms with Gasteiger partial charge in [-0.15, -0.1) is 0 Å². The molecule has 0 aliphatic carbocycles. The van der Waals surface area contributed by atoms with E-state index in [2.05, 4.69) is 21.9 Å². The number of benzene rings is 2. The number of hydrogen-bond acceptors (Lipinski definition) is 4. The minimum absolute atomic E-state index is 0.0166. The van der Waals surface area contributed by atoms with E-state index in [1.54, 1.807) is 12.1 Å². The first kappa shape index (κ1) is 17.9. The van der Waals surface area contributed by atoms with Crippen molar-refractivity contribution in [2.75, 3.05) is 10.0 Å². The van der Waals surface area contributed by atoms with Crippen LogP contribution in [-0.2, 0) is 16.4 Å². The Morgan fingerprint density at radius 1 is 0.923 bits per heavy atom. The average Bonchev–Trinajstić information content (AvgIpc) is 2.64. The lowest BCUT2D eigenvalue weighted by Gasteiger charge is -2.10. The van der Waals surface area contributed by atoms with Crippen molar-refractivity contribution in [3.8, 4) is 0 Å². The summed E-state index contributed by atoms with van der Waals surface area (Å²) in [6.07, 6.45) is 2.39. The molecular formula is C19H18FN3O2S. The number of aromatic nitrogens is 1. The van der Waals surface area contributed by atoms with Crippen LogP contribution in [0.4, 0.5) is 21.6 Å². The van der Waals surface area contributed by atoms with E-state index in [0.29, 0.717) is 11.5 Å². The third-order valence-corrected chi connectivity index (χ3v) is 5.17. The van der Waals surface area contributed by atoms with Crippen LogP contribution in [0, 0.1) is 5.82 Å². The van der Waals surface area contributed by atoms with E-state index in [1.807, 2.05) is 24.3 Å². The van der Waals surface area contributed by atoms with Gasteiger partial charge in [-0.3, -0.25) is 4.72 Å². The molecule has 0 saturated heterocycles. The molecule has 2 aromatic carbocycles. The number of anilines is 3. The lowest BCUT2D eigenvalue weighted by Crippen LogP contribution is -2.13. The van der Waals surface area contributed by atoms with Crippen molar-refractivity contribution < 1.29 is 12.8 Å². The van der Waals surface area contributed by atoms with Gasteiger partial charge in [0.1, 0.15) is 11.6 Å². The molecule has 0 unspecified atom stereocenters. The molecule has 3 rings (SSSR count). The van der Waals surface area contributed by atoms with Crippen LogP contribution in [0.2, 0.25) is 0 Å². The standard InChI is InChI=1S/C19H18FN3O2S/c1-2-14-3-7-16(8-4-14)22-19-12-9-17(13-21-19)23-26(24,25)18-10-5-15(20)6-11-18/h3-13,23H,2H2,1H3,(H,21,22). The fourth-order valence-electron chi connectivity index (χ4n) is 2.33. The van der Waals surface area contributed by atoms with E-state index in [-0.39, 0.29) is 4.90 Å². The van der Waals surface area contributed by atoms with Crippen LogP contribution in [0.1, 0.15) is 12.5 Å². The van der Waals surface area contributed by atoms with Gasteiger partial charge in [0, 0.05) is 5.69 Å². The summed E-state index contributed by atoms with van der Waals surface area (Å²) in [5.74, 6) is 0.104. The van der Waals surface area contributed by atoms with Crippen LogP contribution in [0.5, 0.6) is 0 Å². The van der Waals surface area contributed by atoms with Gasteiger partial charge in [-0.05, 0) is 60.5 Å². The van der Waals surface area contributed by atoms with Gasteiger partial charge in [0.2, 0.25) is 0 Å². The molecule has 3 aromatic rings. The van der Waals surface area contributed by atoms with E-state index in [9.17, 15) is 12.8 Å². The molecule has 5 nitrogen and oxygen atoms in total. The molecule has 134 valence electrons. The lowest BCUT2D eigenvalue weighted by atomic mass is 10.1. The number of halogens is 1. The minimum atomic E-state index is -3.79. The summed E-state index contributed by atoms with van der Waals surface area (Å²) in [5.41, 5.74) is 2.46. The Morgan fingerprint density at radius 2 is 1.58 bits per heavy atom. The summed E-state index contributed by atoms with van der Waals surface area (Å²) >= 11 is 0. The summed E-state index contributed by atoms with van der Waals surface area (Å²) in [5, 5.41) is 3.15. The molecular weight excluding hydrogens is 353 g/mol. The predicted octanol–water partition coefficient (Wildman–Crippen LogP) is 4.33. The maximum atomic E-state index is 12.9. The van der Waals surface area contributed by atoms with E-state index in [1.165, 1.54) is 23.9 Å². The Kier molecular flexibility index (Phi) is 5.18. The lowest BCUT2D eigenvalue weighted by molar-refractivity contribution is 0.599. The van der Waals surface area contributed by atoms with Crippen molar-refractivity contribution in [1.29, 1.82) is 0 Å². The zero-order valence-corrected chi connectivity index (χ0v) is 14.9. The molecule has 0 aliphatic heterocycles. The van der Waals surface area contributed by atoms with Crippen LogP contribution in [0.3, 0.4) is 0 Å². The fourth-order valence-corrected chi connectivity index (χ4v) is 3.37. The maximum Gasteiger partial charge on any atom is 0.261 e. The molecule has 0 saturated carbocycles. The number of pyridine rings is 1. The minimum Gasteiger partial charge on any atom is -0.340 e. The molecule has 0 bridgehead atoms. The van der Waals surface area contributed by atoms with Gasteiger partial charge in [0.25, 0.3) is 10.0 Å². The fraction of sp³-hybridized carbons (Fsp3) is 0.105. The van der Waals surface area contributed by atoms with Crippen LogP contribution >= 0.6 is 0 Å². The summed E-state index contributed by atoms with van der Waals surface area (Å²) in [6.45, 7) is 2.09. The Hall–Kier alpha value is -2.93. The number of nitrogens with zero attached hydrogens (tertiary/aromatic N) is 1. The first-order valence-electron chi connectivity index (χ1n) is 8.07. The number of sulfonamides is 1. The Morgan fingerprint density at radius 3 is 2.15 bits per heavy atom. The second-order valence-electron chi connectivity index (χ2n) is 5.67. The highest BCUT2D eigenvalue weighted by Gasteiger charge is 2.14. The number of nitrogens with one attached hydrogen (secondary N) is 2. The zero-order valence-electron chi connectivity index (χ0n) is 14.1. The normalized spacial score (nSPS) is 11.2. The highest BCUT2D eigenvalue weighted by molar-refractivity contribution is 7.92. The van der Waals surface area contributed by atoms with Crippen molar-refractivity contribution >= 4 is 27.2 Å². The average molecular weight is 371 g/mol. The quantitative estimate of drug-likeness (QED) is 0.677. The second-order valence-corrected chi connectivity index (χ2v) is 7.35. The highest BCUT2D eigenvalue weighted by Crippen LogP contribution is 2.19. The second kappa shape index (κ2) is 7.53. The van der Waals surface area contributed by atoms with Gasteiger partial charge >= 0.3 is 0 Å². The molecule has 2 N–H and O–H groups in total. The largest absolute Gasteiger partial charge is 0.340 e. The molecule has 0 spiro atoms. The number of aryl methyl sites for hydroxylation is 1. The van der Waals surface area contributed by atoms with Gasteiger partial charge < -0.3 is 5.32 Å². The topological polar surface area (TPSA) is 71.1 Å².